The van der Waals surface area contributed by atoms with Crippen LogP contribution in [0.4, 0.5) is 0 Å². The van der Waals surface area contributed by atoms with Crippen molar-refractivity contribution in [3.05, 3.63) is 28.8 Å². The molecule has 0 heterocycles. The Bertz CT molecular complexity index is 438. The fraction of sp³-hybridized carbons (Fsp3) is 0.417. The Balaban J connectivity index is 2.33. The summed E-state index contributed by atoms with van der Waals surface area (Å²) >= 11 is 6.05. The highest BCUT2D eigenvalue weighted by Gasteiger charge is 2.51. The third-order valence-electron chi connectivity index (χ3n) is 3.20. The Kier molecular flexibility index (Phi) is 2.36. The van der Waals surface area contributed by atoms with Crippen molar-refractivity contribution in [3.8, 4) is 11.8 Å². The third-order valence-corrected chi connectivity index (χ3v) is 3.50. The Morgan fingerprint density at radius 1 is 1.60 bits per heavy atom. The molecule has 1 aromatic carbocycles. The largest absolute Gasteiger partial charge is 0.495 e. The van der Waals surface area contributed by atoms with E-state index in [4.69, 9.17) is 21.6 Å². The summed E-state index contributed by atoms with van der Waals surface area (Å²) in [6, 6.07) is 8.05. The second kappa shape index (κ2) is 3.43. The fourth-order valence-corrected chi connectivity index (χ4v) is 2.15. The molecule has 2 unspecified atom stereocenters. The average molecular weight is 222 g/mol. The van der Waals surface area contributed by atoms with Crippen LogP contribution in [0.15, 0.2) is 18.2 Å². The lowest BCUT2D eigenvalue weighted by molar-refractivity contribution is 0.414. The number of benzene rings is 1. The first-order valence-electron chi connectivity index (χ1n) is 4.85. The zero-order valence-corrected chi connectivity index (χ0v) is 9.51. The van der Waals surface area contributed by atoms with Crippen LogP contribution in [0.2, 0.25) is 5.02 Å². The molecule has 2 atom stereocenters. The minimum atomic E-state index is -0.00926. The van der Waals surface area contributed by atoms with E-state index in [9.17, 15) is 0 Å². The van der Waals surface area contributed by atoms with Crippen LogP contribution in [-0.4, -0.2) is 7.11 Å². The van der Waals surface area contributed by atoms with Gasteiger partial charge in [0.25, 0.3) is 0 Å². The van der Waals surface area contributed by atoms with E-state index in [0.29, 0.717) is 10.8 Å². The van der Waals surface area contributed by atoms with Gasteiger partial charge in [0.2, 0.25) is 0 Å². The van der Waals surface area contributed by atoms with Crippen LogP contribution in [-0.2, 0) is 5.41 Å². The predicted molar refractivity (Wildman–Crippen MR) is 59.1 cm³/mol. The fourth-order valence-electron chi connectivity index (χ4n) is 1.89. The van der Waals surface area contributed by atoms with Crippen LogP contribution >= 0.6 is 11.6 Å². The number of hydrogen-bond donors (Lipinski definition) is 0. The molecule has 0 aliphatic heterocycles. The molecule has 0 saturated heterocycles. The smallest absolute Gasteiger partial charge is 0.137 e. The quantitative estimate of drug-likeness (QED) is 0.769. The zero-order chi connectivity index (χ0) is 11.1. The number of hydrogen-bond acceptors (Lipinski definition) is 2. The molecule has 0 amide bonds. The van der Waals surface area contributed by atoms with Gasteiger partial charge < -0.3 is 4.74 Å². The van der Waals surface area contributed by atoms with Gasteiger partial charge in [-0.15, -0.1) is 0 Å². The number of nitrogens with zero attached hydrogens (tertiary/aromatic N) is 1. The highest BCUT2D eigenvalue weighted by atomic mass is 35.5. The van der Waals surface area contributed by atoms with Gasteiger partial charge in [-0.25, -0.2) is 0 Å². The van der Waals surface area contributed by atoms with Crippen molar-refractivity contribution in [2.24, 2.45) is 5.92 Å². The maximum absolute atomic E-state index is 8.87. The number of rotatable bonds is 2. The average Bonchev–Trinajstić information content (AvgIpc) is 2.91. The van der Waals surface area contributed by atoms with Crippen LogP contribution in [0.25, 0.3) is 0 Å². The van der Waals surface area contributed by atoms with E-state index in [-0.39, 0.29) is 11.3 Å². The van der Waals surface area contributed by atoms with Crippen molar-refractivity contribution in [2.75, 3.05) is 7.11 Å². The molecule has 1 saturated carbocycles. The minimum absolute atomic E-state index is 0.00926. The molecule has 0 N–H and O–H groups in total. The lowest BCUT2D eigenvalue weighted by Crippen LogP contribution is -2.03. The summed E-state index contributed by atoms with van der Waals surface area (Å²) in [5.41, 5.74) is 1.12. The molecule has 1 aliphatic carbocycles. The van der Waals surface area contributed by atoms with Crippen molar-refractivity contribution >= 4 is 11.6 Å². The van der Waals surface area contributed by atoms with Crippen molar-refractivity contribution in [1.82, 2.24) is 0 Å². The number of halogens is 1. The Morgan fingerprint density at radius 3 is 2.80 bits per heavy atom. The number of methoxy groups -OCH3 is 1. The molecule has 1 aromatic rings. The van der Waals surface area contributed by atoms with Gasteiger partial charge in [-0.2, -0.15) is 5.26 Å². The molecule has 2 nitrogen and oxygen atoms in total. The van der Waals surface area contributed by atoms with Crippen molar-refractivity contribution < 1.29 is 4.74 Å². The molecule has 0 spiro atoms. The molecule has 2 rings (SSSR count). The standard InChI is InChI=1S/C12H12ClNO/c1-12(6-9(12)7-14)8-3-4-11(15-2)10(13)5-8/h3-5,9H,6H2,1-2H3. The molecular weight excluding hydrogens is 210 g/mol. The van der Waals surface area contributed by atoms with E-state index in [0.717, 1.165) is 12.0 Å². The SMILES string of the molecule is COc1ccc(C2(C)CC2C#N)cc1Cl. The lowest BCUT2D eigenvalue weighted by atomic mass is 9.96. The first-order chi connectivity index (χ1) is 7.11. The topological polar surface area (TPSA) is 33.0 Å². The van der Waals surface area contributed by atoms with E-state index in [1.165, 1.54) is 0 Å². The van der Waals surface area contributed by atoms with E-state index >= 15 is 0 Å². The van der Waals surface area contributed by atoms with Gasteiger partial charge >= 0.3 is 0 Å². The van der Waals surface area contributed by atoms with Crippen LogP contribution in [0, 0.1) is 17.2 Å². The monoisotopic (exact) mass is 221 g/mol. The van der Waals surface area contributed by atoms with Crippen molar-refractivity contribution in [2.45, 2.75) is 18.8 Å². The highest BCUT2D eigenvalue weighted by Crippen LogP contribution is 2.54. The van der Waals surface area contributed by atoms with Gasteiger partial charge in [0.05, 0.1) is 24.1 Å². The summed E-state index contributed by atoms with van der Waals surface area (Å²) < 4.78 is 5.09. The first-order valence-corrected chi connectivity index (χ1v) is 5.23. The van der Waals surface area contributed by atoms with Crippen molar-refractivity contribution in [1.29, 1.82) is 5.26 Å². The van der Waals surface area contributed by atoms with Gasteiger partial charge in [0.1, 0.15) is 5.75 Å². The van der Waals surface area contributed by atoms with Crippen LogP contribution in [0.5, 0.6) is 5.75 Å². The number of nitriles is 1. The maximum atomic E-state index is 8.87. The summed E-state index contributed by atoms with van der Waals surface area (Å²) in [7, 11) is 1.60. The first kappa shape index (κ1) is 10.3. The molecule has 0 radical (unpaired) electrons. The van der Waals surface area contributed by atoms with Crippen LogP contribution < -0.4 is 4.74 Å². The van der Waals surface area contributed by atoms with Crippen molar-refractivity contribution in [3.63, 3.8) is 0 Å². The third kappa shape index (κ3) is 1.57. The zero-order valence-electron chi connectivity index (χ0n) is 8.75. The maximum Gasteiger partial charge on any atom is 0.137 e. The Hall–Kier alpha value is -1.20. The van der Waals surface area contributed by atoms with Crippen LogP contribution in [0.1, 0.15) is 18.9 Å². The van der Waals surface area contributed by atoms with Gasteiger partial charge in [-0.3, -0.25) is 0 Å². The number of ether oxygens (including phenoxy) is 1. The van der Waals surface area contributed by atoms with Gasteiger partial charge in [-0.1, -0.05) is 24.6 Å². The molecule has 3 heteroatoms. The molecule has 0 aromatic heterocycles. The molecular formula is C12H12ClNO. The highest BCUT2D eigenvalue weighted by molar-refractivity contribution is 6.32. The Labute approximate surface area is 94.4 Å². The summed E-state index contributed by atoms with van der Waals surface area (Å²) in [6.07, 6.45) is 0.923. The van der Waals surface area contributed by atoms with E-state index in [1.807, 2.05) is 18.2 Å². The van der Waals surface area contributed by atoms with Crippen LogP contribution in [0.3, 0.4) is 0 Å². The van der Waals surface area contributed by atoms with E-state index in [1.54, 1.807) is 7.11 Å². The predicted octanol–water partition coefficient (Wildman–Crippen LogP) is 3.15. The van der Waals surface area contributed by atoms with Gasteiger partial charge in [0, 0.05) is 5.41 Å². The molecule has 1 aliphatic rings. The van der Waals surface area contributed by atoms with Gasteiger partial charge in [-0.05, 0) is 24.1 Å². The normalized spacial score (nSPS) is 28.3. The summed E-state index contributed by atoms with van der Waals surface area (Å²) in [6.45, 7) is 2.10. The summed E-state index contributed by atoms with van der Waals surface area (Å²) in [4.78, 5) is 0. The second-order valence-corrected chi connectivity index (χ2v) is 4.56. The molecule has 0 bridgehead atoms. The van der Waals surface area contributed by atoms with E-state index < -0.39 is 0 Å². The van der Waals surface area contributed by atoms with Gasteiger partial charge in [0.15, 0.2) is 0 Å². The molecule has 78 valence electrons. The summed E-state index contributed by atoms with van der Waals surface area (Å²) in [5.74, 6) is 0.806. The lowest BCUT2D eigenvalue weighted by Gasteiger charge is -2.11. The molecule has 15 heavy (non-hydrogen) atoms. The molecule has 1 fully saturated rings. The minimum Gasteiger partial charge on any atom is -0.495 e. The Morgan fingerprint density at radius 2 is 2.33 bits per heavy atom. The second-order valence-electron chi connectivity index (χ2n) is 4.15. The van der Waals surface area contributed by atoms with E-state index in [2.05, 4.69) is 13.0 Å². The summed E-state index contributed by atoms with van der Waals surface area (Å²) in [5, 5.41) is 9.48.